The molecule has 0 unspecified atom stereocenters. The van der Waals surface area contributed by atoms with Gasteiger partial charge in [0.25, 0.3) is 5.56 Å². The summed E-state index contributed by atoms with van der Waals surface area (Å²) in [5, 5.41) is 8.72. The Morgan fingerprint density at radius 2 is 1.77 bits per heavy atom. The quantitative estimate of drug-likeness (QED) is 0.491. The average Bonchev–Trinajstić information content (AvgIpc) is 3.23. The lowest BCUT2D eigenvalue weighted by atomic mass is 10.1. The SMILES string of the molecule is Cc1cccc(C)c1-n1c(C=Cc2cccc3cn[nH]c23)nc2cnccc2c1=O. The predicted molar refractivity (Wildman–Crippen MR) is 120 cm³/mol. The first-order valence-electron chi connectivity index (χ1n) is 9.67. The van der Waals surface area contributed by atoms with Gasteiger partial charge in [0.2, 0.25) is 0 Å². The number of aromatic amines is 1. The second-order valence-corrected chi connectivity index (χ2v) is 7.26. The normalized spacial score (nSPS) is 11.7. The molecule has 30 heavy (non-hydrogen) atoms. The van der Waals surface area contributed by atoms with Gasteiger partial charge in [-0.25, -0.2) is 4.98 Å². The Kier molecular flexibility index (Phi) is 4.25. The molecule has 5 rings (SSSR count). The predicted octanol–water partition coefficient (Wildman–Crippen LogP) is 4.44. The number of nitrogens with zero attached hydrogens (tertiary/aromatic N) is 4. The molecule has 0 aliphatic carbocycles. The van der Waals surface area contributed by atoms with Crippen LogP contribution in [0.3, 0.4) is 0 Å². The van der Waals surface area contributed by atoms with Crippen molar-refractivity contribution in [1.29, 1.82) is 0 Å². The number of nitrogens with one attached hydrogen (secondary N) is 1. The summed E-state index contributed by atoms with van der Waals surface area (Å²) in [5.74, 6) is 0.550. The van der Waals surface area contributed by atoms with Crippen LogP contribution in [0.5, 0.6) is 0 Å². The standard InChI is InChI=1S/C24H19N5O/c1-15-5-3-6-16(2)23(15)29-21(27-20-14-25-12-11-19(20)24(29)30)10-9-17-7-4-8-18-13-26-28-22(17)18/h3-14H,1-2H3,(H,26,28). The molecule has 6 nitrogen and oxygen atoms in total. The van der Waals surface area contributed by atoms with Gasteiger partial charge < -0.3 is 0 Å². The van der Waals surface area contributed by atoms with Crippen LogP contribution in [0.2, 0.25) is 0 Å². The highest BCUT2D eigenvalue weighted by molar-refractivity contribution is 5.89. The van der Waals surface area contributed by atoms with Crippen molar-refractivity contribution >= 4 is 34.0 Å². The van der Waals surface area contributed by atoms with Crippen LogP contribution in [-0.2, 0) is 0 Å². The third kappa shape index (κ3) is 2.90. The fraction of sp³-hybridized carbons (Fsp3) is 0.0833. The second kappa shape index (κ2) is 7.08. The highest BCUT2D eigenvalue weighted by Gasteiger charge is 2.14. The number of pyridine rings is 1. The van der Waals surface area contributed by atoms with Crippen molar-refractivity contribution in [3.63, 3.8) is 0 Å². The van der Waals surface area contributed by atoms with E-state index in [0.717, 1.165) is 33.3 Å². The Balaban J connectivity index is 1.79. The molecule has 0 aliphatic heterocycles. The van der Waals surface area contributed by atoms with Gasteiger partial charge in [0.05, 0.1) is 34.5 Å². The minimum Gasteiger partial charge on any atom is -0.277 e. The van der Waals surface area contributed by atoms with E-state index in [2.05, 4.69) is 15.2 Å². The van der Waals surface area contributed by atoms with E-state index in [-0.39, 0.29) is 5.56 Å². The zero-order valence-corrected chi connectivity index (χ0v) is 16.6. The molecule has 6 heteroatoms. The fourth-order valence-electron chi connectivity index (χ4n) is 3.84. The molecule has 0 amide bonds. The van der Waals surface area contributed by atoms with E-state index >= 15 is 0 Å². The topological polar surface area (TPSA) is 76.5 Å². The van der Waals surface area contributed by atoms with Crippen LogP contribution < -0.4 is 5.56 Å². The lowest BCUT2D eigenvalue weighted by molar-refractivity contribution is 0.923. The summed E-state index contributed by atoms with van der Waals surface area (Å²) in [5.41, 5.74) is 5.25. The third-order valence-electron chi connectivity index (χ3n) is 5.28. The van der Waals surface area contributed by atoms with E-state index in [1.807, 2.05) is 62.4 Å². The van der Waals surface area contributed by atoms with Crippen molar-refractivity contribution in [3.8, 4) is 5.69 Å². The highest BCUT2D eigenvalue weighted by Crippen LogP contribution is 2.22. The number of aromatic nitrogens is 5. The molecule has 2 aromatic carbocycles. The van der Waals surface area contributed by atoms with Gasteiger partial charge >= 0.3 is 0 Å². The molecule has 0 fully saturated rings. The van der Waals surface area contributed by atoms with Crippen LogP contribution in [0.1, 0.15) is 22.5 Å². The lowest BCUT2D eigenvalue weighted by Crippen LogP contribution is -2.24. The first kappa shape index (κ1) is 18.0. The van der Waals surface area contributed by atoms with Crippen LogP contribution in [0, 0.1) is 13.8 Å². The second-order valence-electron chi connectivity index (χ2n) is 7.26. The summed E-state index contributed by atoms with van der Waals surface area (Å²) in [7, 11) is 0. The van der Waals surface area contributed by atoms with Crippen LogP contribution in [0.4, 0.5) is 0 Å². The van der Waals surface area contributed by atoms with Gasteiger partial charge in [-0.1, -0.05) is 36.4 Å². The number of aryl methyl sites for hydroxylation is 2. The smallest absolute Gasteiger partial charge is 0.266 e. The number of hydrogen-bond acceptors (Lipinski definition) is 4. The molecular formula is C24H19N5O. The molecule has 0 spiro atoms. The highest BCUT2D eigenvalue weighted by atomic mass is 16.1. The van der Waals surface area contributed by atoms with E-state index in [4.69, 9.17) is 4.98 Å². The van der Waals surface area contributed by atoms with E-state index in [1.54, 1.807) is 29.2 Å². The Labute approximate surface area is 172 Å². The molecule has 3 heterocycles. The van der Waals surface area contributed by atoms with Crippen LogP contribution >= 0.6 is 0 Å². The summed E-state index contributed by atoms with van der Waals surface area (Å²) in [6, 6.07) is 13.7. The van der Waals surface area contributed by atoms with Gasteiger partial charge in [-0.2, -0.15) is 5.10 Å². The van der Waals surface area contributed by atoms with E-state index < -0.39 is 0 Å². The molecule has 146 valence electrons. The Morgan fingerprint density at radius 1 is 0.967 bits per heavy atom. The van der Waals surface area contributed by atoms with E-state index in [9.17, 15) is 4.79 Å². The number of rotatable bonds is 3. The maximum Gasteiger partial charge on any atom is 0.266 e. The van der Waals surface area contributed by atoms with Crippen molar-refractivity contribution in [2.75, 3.05) is 0 Å². The van der Waals surface area contributed by atoms with Crippen molar-refractivity contribution in [2.24, 2.45) is 0 Å². The lowest BCUT2D eigenvalue weighted by Gasteiger charge is -2.16. The zero-order valence-electron chi connectivity index (χ0n) is 16.6. The monoisotopic (exact) mass is 393 g/mol. The van der Waals surface area contributed by atoms with Crippen molar-refractivity contribution < 1.29 is 0 Å². The largest absolute Gasteiger partial charge is 0.277 e. The Bertz CT molecular complexity index is 1470. The van der Waals surface area contributed by atoms with Gasteiger partial charge in [0.15, 0.2) is 0 Å². The summed E-state index contributed by atoms with van der Waals surface area (Å²) in [4.78, 5) is 22.4. The van der Waals surface area contributed by atoms with Crippen molar-refractivity contribution in [3.05, 3.63) is 93.9 Å². The summed E-state index contributed by atoms with van der Waals surface area (Å²) in [6.45, 7) is 4.01. The molecule has 0 bridgehead atoms. The molecule has 0 saturated heterocycles. The molecule has 5 aromatic rings. The summed E-state index contributed by atoms with van der Waals surface area (Å²) in [6.07, 6.45) is 8.86. The third-order valence-corrected chi connectivity index (χ3v) is 5.28. The molecule has 1 N–H and O–H groups in total. The average molecular weight is 393 g/mol. The summed E-state index contributed by atoms with van der Waals surface area (Å²) < 4.78 is 1.69. The minimum atomic E-state index is -0.112. The Morgan fingerprint density at radius 3 is 2.60 bits per heavy atom. The van der Waals surface area contributed by atoms with E-state index in [1.165, 1.54) is 0 Å². The van der Waals surface area contributed by atoms with Gasteiger partial charge in [-0.15, -0.1) is 0 Å². The maximum atomic E-state index is 13.5. The van der Waals surface area contributed by atoms with E-state index in [0.29, 0.717) is 16.7 Å². The molecule has 3 aromatic heterocycles. The molecule has 0 aliphatic rings. The van der Waals surface area contributed by atoms with Crippen LogP contribution in [0.25, 0.3) is 39.6 Å². The van der Waals surface area contributed by atoms with Crippen LogP contribution in [-0.4, -0.2) is 24.7 Å². The van der Waals surface area contributed by atoms with Gasteiger partial charge in [-0.05, 0) is 43.2 Å². The van der Waals surface area contributed by atoms with Gasteiger partial charge in [0, 0.05) is 17.1 Å². The summed E-state index contributed by atoms with van der Waals surface area (Å²) >= 11 is 0. The number of para-hydroxylation sites is 2. The first-order chi connectivity index (χ1) is 14.6. The van der Waals surface area contributed by atoms with Gasteiger partial charge in [-0.3, -0.25) is 19.4 Å². The number of benzene rings is 2. The molecule has 0 saturated carbocycles. The van der Waals surface area contributed by atoms with Gasteiger partial charge in [0.1, 0.15) is 5.82 Å². The molecule has 0 radical (unpaired) electrons. The fourth-order valence-corrected chi connectivity index (χ4v) is 3.84. The van der Waals surface area contributed by atoms with Crippen molar-refractivity contribution in [2.45, 2.75) is 13.8 Å². The molecule has 0 atom stereocenters. The van der Waals surface area contributed by atoms with Crippen molar-refractivity contribution in [1.82, 2.24) is 24.7 Å². The number of fused-ring (bicyclic) bond motifs is 2. The number of H-pyrrole nitrogens is 1. The Hall–Kier alpha value is -4.06. The zero-order chi connectivity index (χ0) is 20.7. The maximum absolute atomic E-state index is 13.5. The minimum absolute atomic E-state index is 0.112. The molecular weight excluding hydrogens is 374 g/mol. The first-order valence-corrected chi connectivity index (χ1v) is 9.67. The number of hydrogen-bond donors (Lipinski definition) is 1. The van der Waals surface area contributed by atoms with Crippen LogP contribution in [0.15, 0.2) is 65.8 Å².